The SMILES string of the molecule is CCCCCCCCCCNC(=O)CC[N+](C)(C)CCC(=O)NCCCCCCCCCC.[Br-]. The number of halogens is 1. The van der Waals surface area contributed by atoms with Gasteiger partial charge in [0.05, 0.1) is 40.0 Å². The molecule has 0 atom stereocenters. The highest BCUT2D eigenvalue weighted by Crippen LogP contribution is 2.09. The third-order valence-corrected chi connectivity index (χ3v) is 6.59. The van der Waals surface area contributed by atoms with Crippen molar-refractivity contribution in [3.63, 3.8) is 0 Å². The molecule has 6 heteroatoms. The van der Waals surface area contributed by atoms with Gasteiger partial charge in [0.15, 0.2) is 0 Å². The van der Waals surface area contributed by atoms with E-state index in [1.807, 2.05) is 0 Å². The van der Waals surface area contributed by atoms with E-state index in [1.54, 1.807) is 0 Å². The van der Waals surface area contributed by atoms with Gasteiger partial charge in [-0.25, -0.2) is 0 Å². The quantitative estimate of drug-likeness (QED) is 0.144. The number of hydrogen-bond acceptors (Lipinski definition) is 2. The minimum absolute atomic E-state index is 0. The van der Waals surface area contributed by atoms with Gasteiger partial charge in [-0.05, 0) is 12.8 Å². The molecule has 0 bridgehead atoms. The number of unbranched alkanes of at least 4 members (excludes halogenated alkanes) is 14. The van der Waals surface area contributed by atoms with Crippen LogP contribution in [0.5, 0.6) is 0 Å². The zero-order valence-electron chi connectivity index (χ0n) is 23.2. The van der Waals surface area contributed by atoms with Crippen LogP contribution in [0, 0.1) is 0 Å². The first kappa shape index (κ1) is 35.5. The van der Waals surface area contributed by atoms with Crippen LogP contribution in [-0.4, -0.2) is 56.6 Å². The lowest BCUT2D eigenvalue weighted by atomic mass is 10.1. The highest BCUT2D eigenvalue weighted by atomic mass is 79.9. The Bertz CT molecular complexity index is 433. The molecule has 34 heavy (non-hydrogen) atoms. The maximum absolute atomic E-state index is 12.1. The summed E-state index contributed by atoms with van der Waals surface area (Å²) in [5.41, 5.74) is 0. The van der Waals surface area contributed by atoms with Crippen LogP contribution in [0.3, 0.4) is 0 Å². The molecule has 204 valence electrons. The Morgan fingerprint density at radius 3 is 1.15 bits per heavy atom. The summed E-state index contributed by atoms with van der Waals surface area (Å²) in [6.45, 7) is 7.63. The summed E-state index contributed by atoms with van der Waals surface area (Å²) < 4.78 is 0.705. The van der Waals surface area contributed by atoms with E-state index in [0.29, 0.717) is 17.3 Å². The largest absolute Gasteiger partial charge is 1.00 e. The number of carbonyl (C=O) groups excluding carboxylic acids is 2. The van der Waals surface area contributed by atoms with E-state index < -0.39 is 0 Å². The lowest BCUT2D eigenvalue weighted by Gasteiger charge is -2.29. The molecule has 0 aromatic carbocycles. The first-order valence-electron chi connectivity index (χ1n) is 14.3. The lowest BCUT2D eigenvalue weighted by molar-refractivity contribution is -0.889. The number of quaternary nitrogens is 1. The number of hydrogen-bond donors (Lipinski definition) is 2. The molecule has 0 rings (SSSR count). The van der Waals surface area contributed by atoms with E-state index in [9.17, 15) is 9.59 Å². The van der Waals surface area contributed by atoms with Gasteiger partial charge in [-0.1, -0.05) is 104 Å². The van der Waals surface area contributed by atoms with Crippen molar-refractivity contribution in [2.45, 2.75) is 129 Å². The van der Waals surface area contributed by atoms with E-state index in [2.05, 4.69) is 38.6 Å². The summed E-state index contributed by atoms with van der Waals surface area (Å²) in [5.74, 6) is 0.284. The molecule has 0 saturated heterocycles. The fourth-order valence-corrected chi connectivity index (χ4v) is 4.07. The van der Waals surface area contributed by atoms with E-state index in [1.165, 1.54) is 89.9 Å². The lowest BCUT2D eigenvalue weighted by Crippen LogP contribution is -3.00. The van der Waals surface area contributed by atoms with Gasteiger partial charge in [-0.2, -0.15) is 0 Å². The van der Waals surface area contributed by atoms with E-state index in [4.69, 9.17) is 0 Å². The second-order valence-electron chi connectivity index (χ2n) is 10.5. The Labute approximate surface area is 222 Å². The molecule has 2 N–H and O–H groups in total. The molecule has 0 radical (unpaired) electrons. The van der Waals surface area contributed by atoms with Gasteiger partial charge < -0.3 is 32.1 Å². The van der Waals surface area contributed by atoms with Crippen molar-refractivity contribution < 1.29 is 31.1 Å². The summed E-state index contributed by atoms with van der Waals surface area (Å²) in [5, 5.41) is 6.12. The van der Waals surface area contributed by atoms with Gasteiger partial charge >= 0.3 is 0 Å². The van der Waals surface area contributed by atoms with Crippen LogP contribution in [0.1, 0.15) is 129 Å². The fourth-order valence-electron chi connectivity index (χ4n) is 4.07. The van der Waals surface area contributed by atoms with Crippen molar-refractivity contribution in [1.29, 1.82) is 0 Å². The zero-order valence-corrected chi connectivity index (χ0v) is 24.8. The number of nitrogens with one attached hydrogen (secondary N) is 2. The first-order chi connectivity index (χ1) is 15.9. The molecule has 2 amide bonds. The van der Waals surface area contributed by atoms with Crippen LogP contribution in [0.2, 0.25) is 0 Å². The van der Waals surface area contributed by atoms with Crippen molar-refractivity contribution in [2.75, 3.05) is 40.3 Å². The Morgan fingerprint density at radius 2 is 0.824 bits per heavy atom. The first-order valence-corrected chi connectivity index (χ1v) is 14.3. The maximum atomic E-state index is 12.1. The smallest absolute Gasteiger partial charge is 0.225 e. The van der Waals surface area contributed by atoms with E-state index >= 15 is 0 Å². The summed E-state index contributed by atoms with van der Waals surface area (Å²) in [4.78, 5) is 24.3. The molecule has 0 aliphatic rings. The molecular weight excluding hydrogens is 490 g/mol. The second-order valence-corrected chi connectivity index (χ2v) is 10.5. The molecule has 0 aliphatic heterocycles. The van der Waals surface area contributed by atoms with Gasteiger partial charge in [0.2, 0.25) is 11.8 Å². The molecule has 0 fully saturated rings. The van der Waals surface area contributed by atoms with Crippen LogP contribution in [-0.2, 0) is 9.59 Å². The van der Waals surface area contributed by atoms with Gasteiger partial charge in [0, 0.05) is 13.1 Å². The van der Waals surface area contributed by atoms with Gasteiger partial charge in [-0.3, -0.25) is 9.59 Å². The monoisotopic (exact) mass is 547 g/mol. The summed E-state index contributed by atoms with van der Waals surface area (Å²) in [6.07, 6.45) is 21.6. The van der Waals surface area contributed by atoms with E-state index in [-0.39, 0.29) is 28.8 Å². The highest BCUT2D eigenvalue weighted by Gasteiger charge is 2.18. The van der Waals surface area contributed by atoms with Crippen LogP contribution < -0.4 is 27.6 Å². The standard InChI is InChI=1S/C28H57N3O2.BrH/c1-5-7-9-11-13-15-17-19-23-29-27(32)21-25-31(3,4)26-22-28(33)30-24-20-18-16-14-12-10-8-6-2;/h5-26H2,1-4H3,(H-,29,30,32,33);1H. The predicted octanol–water partition coefficient (Wildman–Crippen LogP) is 3.36. The Kier molecular flexibility index (Phi) is 26.6. The van der Waals surface area contributed by atoms with Crippen molar-refractivity contribution >= 4 is 11.8 Å². The average Bonchev–Trinajstić information content (AvgIpc) is 2.79. The Morgan fingerprint density at radius 1 is 0.529 bits per heavy atom. The summed E-state index contributed by atoms with van der Waals surface area (Å²) in [6, 6.07) is 0. The zero-order chi connectivity index (χ0) is 24.6. The van der Waals surface area contributed by atoms with Gasteiger partial charge in [0.1, 0.15) is 0 Å². The van der Waals surface area contributed by atoms with Crippen LogP contribution in [0.25, 0.3) is 0 Å². The molecule has 0 aromatic rings. The number of nitrogens with zero attached hydrogens (tertiary/aromatic N) is 1. The van der Waals surface area contributed by atoms with E-state index in [0.717, 1.165) is 39.0 Å². The van der Waals surface area contributed by atoms with Crippen molar-refractivity contribution in [3.8, 4) is 0 Å². The van der Waals surface area contributed by atoms with Gasteiger partial charge in [-0.15, -0.1) is 0 Å². The predicted molar refractivity (Wildman–Crippen MR) is 142 cm³/mol. The number of rotatable bonds is 24. The minimum Gasteiger partial charge on any atom is -1.00 e. The number of amides is 2. The van der Waals surface area contributed by atoms with Gasteiger partial charge in [0.25, 0.3) is 0 Å². The average molecular weight is 549 g/mol. The summed E-state index contributed by atoms with van der Waals surface area (Å²) in [7, 11) is 4.22. The normalized spacial score (nSPS) is 11.2. The third kappa shape index (κ3) is 26.0. The van der Waals surface area contributed by atoms with Crippen LogP contribution >= 0.6 is 0 Å². The van der Waals surface area contributed by atoms with Crippen molar-refractivity contribution in [3.05, 3.63) is 0 Å². The summed E-state index contributed by atoms with van der Waals surface area (Å²) >= 11 is 0. The third-order valence-electron chi connectivity index (χ3n) is 6.59. The van der Waals surface area contributed by atoms with Crippen molar-refractivity contribution in [2.24, 2.45) is 0 Å². The van der Waals surface area contributed by atoms with Crippen LogP contribution in [0.15, 0.2) is 0 Å². The highest BCUT2D eigenvalue weighted by molar-refractivity contribution is 5.76. The molecule has 0 aliphatic carbocycles. The molecular formula is C28H58BrN3O2. The molecule has 0 unspecified atom stereocenters. The number of carbonyl (C=O) groups is 2. The Balaban J connectivity index is 0. The van der Waals surface area contributed by atoms with Crippen LogP contribution in [0.4, 0.5) is 0 Å². The Hall–Kier alpha value is -0.620. The minimum atomic E-state index is 0. The molecule has 0 spiro atoms. The van der Waals surface area contributed by atoms with Crippen molar-refractivity contribution in [1.82, 2.24) is 10.6 Å². The topological polar surface area (TPSA) is 58.2 Å². The molecule has 0 heterocycles. The maximum Gasteiger partial charge on any atom is 0.225 e. The molecule has 5 nitrogen and oxygen atoms in total. The molecule has 0 saturated carbocycles. The second kappa shape index (κ2) is 25.5. The fraction of sp³-hybridized carbons (Fsp3) is 0.929. The molecule has 0 aromatic heterocycles.